The van der Waals surface area contributed by atoms with E-state index in [1.54, 1.807) is 24.3 Å². The number of aliphatic hydroxyl groups is 1. The van der Waals surface area contributed by atoms with Crippen LogP contribution >= 0.6 is 11.3 Å². The van der Waals surface area contributed by atoms with Crippen LogP contribution < -0.4 is 10.6 Å². The zero-order chi connectivity index (χ0) is 16.1. The molecule has 0 unspecified atom stereocenters. The van der Waals surface area contributed by atoms with Gasteiger partial charge in [0.2, 0.25) is 0 Å². The molecule has 1 aromatic heterocycles. The van der Waals surface area contributed by atoms with Crippen LogP contribution in [0.4, 0.5) is 5.00 Å². The molecule has 2 amide bonds. The highest BCUT2D eigenvalue weighted by molar-refractivity contribution is 7.16. The second kappa shape index (κ2) is 7.20. The highest BCUT2D eigenvalue weighted by Crippen LogP contribution is 2.32. The molecule has 0 radical (unpaired) electrons. The predicted octanol–water partition coefficient (Wildman–Crippen LogP) is 2.34. The van der Waals surface area contributed by atoms with E-state index in [2.05, 4.69) is 10.6 Å². The molecule has 0 aliphatic rings. The highest BCUT2D eigenvalue weighted by atomic mass is 32.1. The van der Waals surface area contributed by atoms with E-state index in [0.29, 0.717) is 16.1 Å². The lowest BCUT2D eigenvalue weighted by molar-refractivity contribution is 0.0945. The van der Waals surface area contributed by atoms with E-state index in [0.717, 1.165) is 10.4 Å². The fourth-order valence-corrected chi connectivity index (χ4v) is 3.06. The maximum atomic E-state index is 12.2. The van der Waals surface area contributed by atoms with Crippen LogP contribution in [0, 0.1) is 13.8 Å². The molecule has 5 nitrogen and oxygen atoms in total. The minimum absolute atomic E-state index is 0.125. The van der Waals surface area contributed by atoms with Crippen molar-refractivity contribution < 1.29 is 14.7 Å². The van der Waals surface area contributed by atoms with Gasteiger partial charge < -0.3 is 15.7 Å². The van der Waals surface area contributed by atoms with Crippen LogP contribution in [0.5, 0.6) is 0 Å². The summed E-state index contributed by atoms with van der Waals surface area (Å²) in [4.78, 5) is 25.4. The number of thiophene rings is 1. The van der Waals surface area contributed by atoms with Crippen molar-refractivity contribution in [2.45, 2.75) is 13.8 Å². The number of hydrogen-bond donors (Lipinski definition) is 3. The van der Waals surface area contributed by atoms with Gasteiger partial charge in [-0.05, 0) is 31.5 Å². The van der Waals surface area contributed by atoms with Crippen molar-refractivity contribution in [3.05, 3.63) is 51.9 Å². The molecule has 0 aliphatic carbocycles. The zero-order valence-electron chi connectivity index (χ0n) is 12.5. The summed E-state index contributed by atoms with van der Waals surface area (Å²) in [5.74, 6) is -0.544. The van der Waals surface area contributed by atoms with Gasteiger partial charge in [-0.2, -0.15) is 0 Å². The van der Waals surface area contributed by atoms with Crippen molar-refractivity contribution in [2.75, 3.05) is 18.5 Å². The van der Waals surface area contributed by atoms with Crippen LogP contribution in [-0.2, 0) is 0 Å². The maximum absolute atomic E-state index is 12.2. The molecule has 0 saturated heterocycles. The average Bonchev–Trinajstić information content (AvgIpc) is 2.80. The van der Waals surface area contributed by atoms with E-state index in [1.165, 1.54) is 11.3 Å². The van der Waals surface area contributed by atoms with E-state index in [1.807, 2.05) is 19.9 Å². The number of aliphatic hydroxyl groups excluding tert-OH is 1. The quantitative estimate of drug-likeness (QED) is 0.792. The lowest BCUT2D eigenvalue weighted by Gasteiger charge is -2.08. The minimum atomic E-state index is -0.292. The monoisotopic (exact) mass is 318 g/mol. The van der Waals surface area contributed by atoms with Crippen molar-refractivity contribution in [1.29, 1.82) is 0 Å². The maximum Gasteiger partial charge on any atom is 0.256 e. The Balaban J connectivity index is 2.26. The summed E-state index contributed by atoms with van der Waals surface area (Å²) in [6.07, 6.45) is 0. The molecule has 0 fully saturated rings. The van der Waals surface area contributed by atoms with Crippen LogP contribution in [0.1, 0.15) is 31.2 Å². The van der Waals surface area contributed by atoms with Crippen molar-refractivity contribution in [1.82, 2.24) is 5.32 Å². The second-order valence-electron chi connectivity index (χ2n) is 4.79. The lowest BCUT2D eigenvalue weighted by Crippen LogP contribution is -2.27. The molecule has 1 aromatic carbocycles. The van der Waals surface area contributed by atoms with Gasteiger partial charge in [-0.1, -0.05) is 18.2 Å². The summed E-state index contributed by atoms with van der Waals surface area (Å²) in [7, 11) is 0. The van der Waals surface area contributed by atoms with Crippen molar-refractivity contribution >= 4 is 28.2 Å². The number of carbonyl (C=O) groups is 2. The van der Waals surface area contributed by atoms with Crippen LogP contribution in [0.3, 0.4) is 0 Å². The molecule has 2 rings (SSSR count). The van der Waals surface area contributed by atoms with Gasteiger partial charge in [-0.15, -0.1) is 11.3 Å². The zero-order valence-corrected chi connectivity index (χ0v) is 13.3. The summed E-state index contributed by atoms with van der Waals surface area (Å²) < 4.78 is 0. The number of carbonyl (C=O) groups excluding carboxylic acids is 2. The number of amides is 2. The van der Waals surface area contributed by atoms with E-state index in [4.69, 9.17) is 5.11 Å². The molecule has 3 N–H and O–H groups in total. The summed E-state index contributed by atoms with van der Waals surface area (Å²) in [6, 6.07) is 8.84. The van der Waals surface area contributed by atoms with E-state index >= 15 is 0 Å². The normalized spacial score (nSPS) is 10.3. The summed E-state index contributed by atoms with van der Waals surface area (Å²) in [6.45, 7) is 3.80. The van der Waals surface area contributed by atoms with Gasteiger partial charge in [0.25, 0.3) is 11.8 Å². The molecular weight excluding hydrogens is 300 g/mol. The fourth-order valence-electron chi connectivity index (χ4n) is 2.01. The van der Waals surface area contributed by atoms with E-state index < -0.39 is 0 Å². The van der Waals surface area contributed by atoms with E-state index in [-0.39, 0.29) is 25.0 Å². The third-order valence-corrected chi connectivity index (χ3v) is 4.40. The number of nitrogens with one attached hydrogen (secondary N) is 2. The first-order valence-electron chi connectivity index (χ1n) is 6.90. The van der Waals surface area contributed by atoms with Gasteiger partial charge in [0, 0.05) is 17.0 Å². The SMILES string of the molecule is Cc1sc(NC(=O)c2ccccc2)c(C(=O)NCCO)c1C. The number of rotatable bonds is 5. The van der Waals surface area contributed by atoms with Crippen molar-refractivity contribution in [3.8, 4) is 0 Å². The van der Waals surface area contributed by atoms with E-state index in [9.17, 15) is 9.59 Å². The average molecular weight is 318 g/mol. The minimum Gasteiger partial charge on any atom is -0.395 e. The van der Waals surface area contributed by atoms with Gasteiger partial charge in [0.15, 0.2) is 0 Å². The standard InChI is InChI=1S/C16H18N2O3S/c1-10-11(2)22-16(13(10)15(21)17-8-9-19)18-14(20)12-6-4-3-5-7-12/h3-7,19H,8-9H2,1-2H3,(H,17,21)(H,18,20). The summed E-state index contributed by atoms with van der Waals surface area (Å²) in [5, 5.41) is 14.8. The predicted molar refractivity (Wildman–Crippen MR) is 87.6 cm³/mol. The first kappa shape index (κ1) is 16.2. The molecular formula is C16H18N2O3S. The lowest BCUT2D eigenvalue weighted by atomic mass is 10.1. The molecule has 116 valence electrons. The number of anilines is 1. The number of aryl methyl sites for hydroxylation is 1. The molecule has 0 spiro atoms. The van der Waals surface area contributed by atoms with Gasteiger partial charge in [-0.3, -0.25) is 9.59 Å². The Labute approximate surface area is 133 Å². The number of benzene rings is 1. The first-order valence-corrected chi connectivity index (χ1v) is 7.71. The fraction of sp³-hybridized carbons (Fsp3) is 0.250. The Bertz CT molecular complexity index is 680. The molecule has 0 saturated carbocycles. The van der Waals surface area contributed by atoms with Crippen molar-refractivity contribution in [2.24, 2.45) is 0 Å². The number of hydrogen-bond acceptors (Lipinski definition) is 4. The Kier molecular flexibility index (Phi) is 5.30. The largest absolute Gasteiger partial charge is 0.395 e. The third-order valence-electron chi connectivity index (χ3n) is 3.27. The Morgan fingerprint density at radius 2 is 1.82 bits per heavy atom. The highest BCUT2D eigenvalue weighted by Gasteiger charge is 2.21. The van der Waals surface area contributed by atoms with Crippen LogP contribution in [0.2, 0.25) is 0 Å². The smallest absolute Gasteiger partial charge is 0.256 e. The van der Waals surface area contributed by atoms with Gasteiger partial charge in [0.05, 0.1) is 12.2 Å². The van der Waals surface area contributed by atoms with Gasteiger partial charge >= 0.3 is 0 Å². The first-order chi connectivity index (χ1) is 10.5. The van der Waals surface area contributed by atoms with Crippen LogP contribution in [0.25, 0.3) is 0 Å². The topological polar surface area (TPSA) is 78.4 Å². The molecule has 22 heavy (non-hydrogen) atoms. The van der Waals surface area contributed by atoms with Gasteiger partial charge in [-0.25, -0.2) is 0 Å². The van der Waals surface area contributed by atoms with Gasteiger partial charge in [0.1, 0.15) is 5.00 Å². The molecule has 6 heteroatoms. The molecule has 1 heterocycles. The summed E-state index contributed by atoms with van der Waals surface area (Å²) >= 11 is 1.37. The Morgan fingerprint density at radius 3 is 2.45 bits per heavy atom. The summed E-state index contributed by atoms with van der Waals surface area (Å²) in [5.41, 5.74) is 1.83. The third kappa shape index (κ3) is 3.52. The molecule has 2 aromatic rings. The van der Waals surface area contributed by atoms with Crippen LogP contribution in [-0.4, -0.2) is 30.1 Å². The second-order valence-corrected chi connectivity index (χ2v) is 6.01. The van der Waals surface area contributed by atoms with Crippen molar-refractivity contribution in [3.63, 3.8) is 0 Å². The molecule has 0 aliphatic heterocycles. The Hall–Kier alpha value is -2.18. The van der Waals surface area contributed by atoms with Crippen LogP contribution in [0.15, 0.2) is 30.3 Å². The molecule has 0 bridgehead atoms. The molecule has 0 atom stereocenters. The Morgan fingerprint density at radius 1 is 1.14 bits per heavy atom.